The van der Waals surface area contributed by atoms with E-state index in [-0.39, 0.29) is 11.9 Å². The normalized spacial score (nSPS) is 28.9. The molecule has 0 spiro atoms. The molecule has 3 atom stereocenters. The molecule has 4 nitrogen and oxygen atoms in total. The number of carbonyl (C=O) groups is 1. The zero-order valence-corrected chi connectivity index (χ0v) is 13.2. The Kier molecular flexibility index (Phi) is 3.81. The Labute approximate surface area is 139 Å². The Morgan fingerprint density at radius 3 is 2.79 bits per heavy atom. The summed E-state index contributed by atoms with van der Waals surface area (Å²) in [5.41, 5.74) is 4.32. The minimum absolute atomic E-state index is 0.0234. The molecule has 0 aromatic heterocycles. The van der Waals surface area contributed by atoms with Crippen molar-refractivity contribution < 1.29 is 14.3 Å². The van der Waals surface area contributed by atoms with Crippen LogP contribution in [0.3, 0.4) is 0 Å². The fourth-order valence-electron chi connectivity index (χ4n) is 4.08. The van der Waals surface area contributed by atoms with Gasteiger partial charge in [0.1, 0.15) is 11.9 Å². The van der Waals surface area contributed by atoms with Crippen molar-refractivity contribution in [3.05, 3.63) is 53.0 Å². The number of fused-ring (bicyclic) bond motifs is 3. The van der Waals surface area contributed by atoms with Crippen LogP contribution in [0.2, 0.25) is 0 Å². The molecule has 1 fully saturated rings. The van der Waals surface area contributed by atoms with E-state index in [9.17, 15) is 14.3 Å². The number of carboxylic acid groups (broad SMARTS) is 1. The van der Waals surface area contributed by atoms with E-state index in [0.717, 1.165) is 36.0 Å². The first-order valence-corrected chi connectivity index (χ1v) is 8.35. The molecule has 5 heteroatoms. The highest BCUT2D eigenvalue weighted by atomic mass is 19.1. The molecule has 2 N–H and O–H groups in total. The second-order valence-electron chi connectivity index (χ2n) is 6.69. The third-order valence-electron chi connectivity index (χ3n) is 5.27. The molecule has 1 aliphatic carbocycles. The van der Waals surface area contributed by atoms with Gasteiger partial charge in [0.25, 0.3) is 0 Å². The lowest BCUT2D eigenvalue weighted by atomic mass is 9.74. The molecule has 1 aromatic carbocycles. The second kappa shape index (κ2) is 5.98. The molecule has 0 bridgehead atoms. The number of nitrogens with one attached hydrogen (secondary N) is 1. The van der Waals surface area contributed by atoms with Gasteiger partial charge in [0.15, 0.2) is 0 Å². The van der Waals surface area contributed by atoms with Gasteiger partial charge in [0.05, 0.1) is 0 Å². The zero-order chi connectivity index (χ0) is 16.7. The third kappa shape index (κ3) is 2.59. The quantitative estimate of drug-likeness (QED) is 0.877. The predicted octanol–water partition coefficient (Wildman–Crippen LogP) is 3.16. The summed E-state index contributed by atoms with van der Waals surface area (Å²) in [6.07, 6.45) is 7.06. The molecule has 124 valence electrons. The molecular formula is C19H19FN2O2. The van der Waals surface area contributed by atoms with E-state index < -0.39 is 12.0 Å². The molecule has 1 saturated heterocycles. The number of hydrogen-bond donors (Lipinski definition) is 2. The Bertz CT molecular complexity index is 764. The van der Waals surface area contributed by atoms with Gasteiger partial charge in [-0.15, -0.1) is 0 Å². The molecule has 2 heterocycles. The first kappa shape index (κ1) is 15.3. The number of nitrogens with zero attached hydrogens (tertiary/aromatic N) is 1. The topological polar surface area (TPSA) is 61.7 Å². The van der Waals surface area contributed by atoms with Crippen molar-refractivity contribution in [2.24, 2.45) is 10.9 Å². The maximum absolute atomic E-state index is 13.2. The summed E-state index contributed by atoms with van der Waals surface area (Å²) in [5, 5.41) is 12.7. The molecule has 2 unspecified atom stereocenters. The van der Waals surface area contributed by atoms with Crippen LogP contribution in [0.1, 0.15) is 31.2 Å². The molecule has 2 aliphatic heterocycles. The van der Waals surface area contributed by atoms with Crippen LogP contribution in [0.15, 0.2) is 46.6 Å². The highest BCUT2D eigenvalue weighted by Gasteiger charge is 2.39. The standard InChI is InChI=1S/C19H19FN2O2/c20-13-6-4-11(5-7-13)14-8-12-2-1-3-17(19(23)24)22-18(12)16-10-21-9-15(14)16/h4-7,9-10,12,17-18,22H,1-3,8H2,(H,23,24)/t12?,17-,18?/m0/s1. The Balaban J connectivity index is 1.73. The largest absolute Gasteiger partial charge is 0.480 e. The number of aliphatic carboxylic acids is 1. The average molecular weight is 326 g/mol. The number of rotatable bonds is 2. The van der Waals surface area contributed by atoms with E-state index in [1.165, 1.54) is 17.7 Å². The van der Waals surface area contributed by atoms with Crippen LogP contribution in [-0.2, 0) is 4.79 Å². The van der Waals surface area contributed by atoms with Gasteiger partial charge in [-0.05, 0) is 54.0 Å². The van der Waals surface area contributed by atoms with Gasteiger partial charge in [0, 0.05) is 24.0 Å². The number of allylic oxidation sites excluding steroid dienone is 1. The van der Waals surface area contributed by atoms with Crippen LogP contribution < -0.4 is 5.32 Å². The van der Waals surface area contributed by atoms with Gasteiger partial charge in [-0.3, -0.25) is 15.1 Å². The number of carboxylic acids is 1. The molecule has 4 rings (SSSR count). The van der Waals surface area contributed by atoms with Gasteiger partial charge in [-0.2, -0.15) is 0 Å². The van der Waals surface area contributed by atoms with Gasteiger partial charge in [0.2, 0.25) is 0 Å². The van der Waals surface area contributed by atoms with Crippen LogP contribution >= 0.6 is 0 Å². The lowest BCUT2D eigenvalue weighted by Crippen LogP contribution is -2.47. The van der Waals surface area contributed by atoms with Crippen LogP contribution in [0.5, 0.6) is 0 Å². The predicted molar refractivity (Wildman–Crippen MR) is 90.2 cm³/mol. The second-order valence-corrected chi connectivity index (χ2v) is 6.69. The van der Waals surface area contributed by atoms with Crippen molar-refractivity contribution in [1.29, 1.82) is 0 Å². The summed E-state index contributed by atoms with van der Waals surface area (Å²) in [7, 11) is 0. The van der Waals surface area contributed by atoms with Crippen molar-refractivity contribution in [2.45, 2.75) is 37.8 Å². The summed E-state index contributed by atoms with van der Waals surface area (Å²) in [6.45, 7) is 0. The Morgan fingerprint density at radius 2 is 2.04 bits per heavy atom. The lowest BCUT2D eigenvalue weighted by molar-refractivity contribution is -0.139. The highest BCUT2D eigenvalue weighted by Crippen LogP contribution is 2.43. The van der Waals surface area contributed by atoms with E-state index >= 15 is 0 Å². The van der Waals surface area contributed by atoms with Crippen LogP contribution in [0.4, 0.5) is 4.39 Å². The molecule has 3 aliphatic rings. The van der Waals surface area contributed by atoms with Crippen molar-refractivity contribution in [2.75, 3.05) is 0 Å². The average Bonchev–Trinajstić information content (AvgIpc) is 2.95. The highest BCUT2D eigenvalue weighted by molar-refractivity contribution is 5.99. The molecular weight excluding hydrogens is 307 g/mol. The van der Waals surface area contributed by atoms with Crippen molar-refractivity contribution in [3.8, 4) is 0 Å². The Morgan fingerprint density at radius 1 is 1.25 bits per heavy atom. The fraction of sp³-hybridized carbons (Fsp3) is 0.368. The number of hydrogen-bond acceptors (Lipinski definition) is 3. The minimum Gasteiger partial charge on any atom is -0.480 e. The third-order valence-corrected chi connectivity index (χ3v) is 5.27. The minimum atomic E-state index is -0.787. The molecule has 1 aromatic rings. The van der Waals surface area contributed by atoms with Crippen molar-refractivity contribution >= 4 is 17.8 Å². The molecule has 24 heavy (non-hydrogen) atoms. The van der Waals surface area contributed by atoms with Gasteiger partial charge < -0.3 is 5.11 Å². The van der Waals surface area contributed by atoms with Crippen molar-refractivity contribution in [3.63, 3.8) is 0 Å². The SMILES string of the molecule is O=C(O)[C@@H]1CCCC2CC(c3ccc(F)cc3)=C3C=NC=C3C2N1. The first-order chi connectivity index (χ1) is 11.6. The van der Waals surface area contributed by atoms with E-state index in [1.54, 1.807) is 0 Å². The summed E-state index contributed by atoms with van der Waals surface area (Å²) in [6, 6.07) is 6.11. The van der Waals surface area contributed by atoms with E-state index in [2.05, 4.69) is 10.3 Å². The van der Waals surface area contributed by atoms with E-state index in [0.29, 0.717) is 12.3 Å². The molecule has 0 amide bonds. The number of aliphatic imine (C=N–C) groups is 1. The number of benzene rings is 1. The molecule has 0 saturated carbocycles. The monoisotopic (exact) mass is 326 g/mol. The van der Waals surface area contributed by atoms with Crippen LogP contribution in [-0.4, -0.2) is 29.4 Å². The van der Waals surface area contributed by atoms with Gasteiger partial charge >= 0.3 is 5.97 Å². The Hall–Kier alpha value is -2.27. The summed E-state index contributed by atoms with van der Waals surface area (Å²) in [4.78, 5) is 15.7. The van der Waals surface area contributed by atoms with Crippen molar-refractivity contribution in [1.82, 2.24) is 5.32 Å². The van der Waals surface area contributed by atoms with Crippen LogP contribution in [0, 0.1) is 11.7 Å². The first-order valence-electron chi connectivity index (χ1n) is 8.35. The summed E-state index contributed by atoms with van der Waals surface area (Å²) < 4.78 is 13.2. The number of halogens is 1. The summed E-state index contributed by atoms with van der Waals surface area (Å²) in [5.74, 6) is -0.689. The maximum Gasteiger partial charge on any atom is 0.320 e. The van der Waals surface area contributed by atoms with Gasteiger partial charge in [-0.1, -0.05) is 18.6 Å². The lowest BCUT2D eigenvalue weighted by Gasteiger charge is -2.35. The van der Waals surface area contributed by atoms with Crippen LogP contribution in [0.25, 0.3) is 5.57 Å². The van der Waals surface area contributed by atoms with E-state index in [4.69, 9.17) is 0 Å². The maximum atomic E-state index is 13.2. The fourth-order valence-corrected chi connectivity index (χ4v) is 4.08. The molecule has 0 radical (unpaired) electrons. The zero-order valence-electron chi connectivity index (χ0n) is 13.2. The van der Waals surface area contributed by atoms with E-state index in [1.807, 2.05) is 24.5 Å². The smallest absolute Gasteiger partial charge is 0.320 e. The van der Waals surface area contributed by atoms with Gasteiger partial charge in [-0.25, -0.2) is 4.39 Å². The summed E-state index contributed by atoms with van der Waals surface area (Å²) >= 11 is 0.